The minimum absolute atomic E-state index is 0.0822. The number of ether oxygens (including phenoxy) is 1. The van der Waals surface area contributed by atoms with Gasteiger partial charge in [-0.2, -0.15) is 5.26 Å². The highest BCUT2D eigenvalue weighted by Gasteiger charge is 2.18. The Bertz CT molecular complexity index is 864. The van der Waals surface area contributed by atoms with Crippen molar-refractivity contribution in [3.8, 4) is 17.3 Å². The molecule has 1 aliphatic heterocycles. The van der Waals surface area contributed by atoms with Gasteiger partial charge in [0.25, 0.3) is 0 Å². The van der Waals surface area contributed by atoms with Gasteiger partial charge in [0.1, 0.15) is 17.5 Å². The van der Waals surface area contributed by atoms with Gasteiger partial charge in [-0.15, -0.1) is 0 Å². The summed E-state index contributed by atoms with van der Waals surface area (Å²) in [6, 6.07) is 10.6. The van der Waals surface area contributed by atoms with E-state index in [0.29, 0.717) is 22.2 Å². The molecule has 0 saturated carbocycles. The molecule has 1 saturated heterocycles. The first-order chi connectivity index (χ1) is 13.9. The van der Waals surface area contributed by atoms with Gasteiger partial charge >= 0.3 is 0 Å². The van der Waals surface area contributed by atoms with Gasteiger partial charge in [-0.25, -0.2) is 9.97 Å². The van der Waals surface area contributed by atoms with E-state index in [1.165, 1.54) is 17.3 Å². The molecular weight excluding hydrogens is 382 g/mol. The summed E-state index contributed by atoms with van der Waals surface area (Å²) in [6.45, 7) is 11.6. The van der Waals surface area contributed by atoms with Crippen LogP contribution in [0.15, 0.2) is 29.4 Å². The van der Waals surface area contributed by atoms with Gasteiger partial charge in [0.05, 0.1) is 18.9 Å². The Kier molecular flexibility index (Phi) is 7.12. The molecule has 0 spiro atoms. The molecule has 6 nitrogen and oxygen atoms in total. The molecule has 0 radical (unpaired) electrons. The standard InChI is InChI=1S/C22H29N5OS/c1-22(2,3)17-7-5-16(6-8-17)19-18(15-23)20(26-21(25-19)29-4)24-9-10-27-11-13-28-14-12-27/h5-8H,9-14H2,1-4H3,(H,24,25,26). The number of anilines is 1. The van der Waals surface area contributed by atoms with Crippen molar-refractivity contribution >= 4 is 17.6 Å². The van der Waals surface area contributed by atoms with Crippen LogP contribution in [0.3, 0.4) is 0 Å². The second-order valence-electron chi connectivity index (χ2n) is 8.10. The van der Waals surface area contributed by atoms with Gasteiger partial charge in [0, 0.05) is 31.7 Å². The van der Waals surface area contributed by atoms with Crippen molar-refractivity contribution in [2.45, 2.75) is 31.3 Å². The van der Waals surface area contributed by atoms with E-state index >= 15 is 0 Å². The molecule has 2 aromatic rings. The quantitative estimate of drug-likeness (QED) is 0.573. The lowest BCUT2D eigenvalue weighted by atomic mass is 9.86. The van der Waals surface area contributed by atoms with Crippen LogP contribution in [0.4, 0.5) is 5.82 Å². The largest absolute Gasteiger partial charge is 0.379 e. The fraction of sp³-hybridized carbons (Fsp3) is 0.500. The van der Waals surface area contributed by atoms with Gasteiger partial charge in [-0.1, -0.05) is 56.8 Å². The van der Waals surface area contributed by atoms with Gasteiger partial charge in [0.2, 0.25) is 0 Å². The summed E-state index contributed by atoms with van der Waals surface area (Å²) < 4.78 is 5.40. The maximum Gasteiger partial charge on any atom is 0.189 e. The van der Waals surface area contributed by atoms with Gasteiger partial charge in [-0.3, -0.25) is 4.90 Å². The first-order valence-electron chi connectivity index (χ1n) is 9.93. The third kappa shape index (κ3) is 5.47. The molecule has 29 heavy (non-hydrogen) atoms. The van der Waals surface area contributed by atoms with Crippen LogP contribution >= 0.6 is 11.8 Å². The maximum absolute atomic E-state index is 9.85. The number of nitrogens with zero attached hydrogens (tertiary/aromatic N) is 4. The Balaban J connectivity index is 1.85. The number of nitrogens with one attached hydrogen (secondary N) is 1. The number of hydrogen-bond acceptors (Lipinski definition) is 7. The van der Waals surface area contributed by atoms with E-state index in [1.807, 2.05) is 18.4 Å². The van der Waals surface area contributed by atoms with E-state index in [9.17, 15) is 5.26 Å². The summed E-state index contributed by atoms with van der Waals surface area (Å²) in [5.41, 5.74) is 3.44. The van der Waals surface area contributed by atoms with Crippen molar-refractivity contribution < 1.29 is 4.74 Å². The molecule has 2 heterocycles. The molecule has 3 rings (SSSR count). The average Bonchev–Trinajstić information content (AvgIpc) is 2.73. The van der Waals surface area contributed by atoms with Crippen LogP contribution in [0.1, 0.15) is 31.9 Å². The van der Waals surface area contributed by atoms with Gasteiger partial charge in [-0.05, 0) is 17.2 Å². The van der Waals surface area contributed by atoms with Crippen molar-refractivity contribution in [2.75, 3.05) is 51.0 Å². The van der Waals surface area contributed by atoms with E-state index < -0.39 is 0 Å². The van der Waals surface area contributed by atoms with Crippen molar-refractivity contribution in [3.05, 3.63) is 35.4 Å². The van der Waals surface area contributed by atoms with Crippen LogP contribution in [0, 0.1) is 11.3 Å². The summed E-state index contributed by atoms with van der Waals surface area (Å²) in [4.78, 5) is 11.6. The highest BCUT2D eigenvalue weighted by atomic mass is 32.2. The highest BCUT2D eigenvalue weighted by molar-refractivity contribution is 7.98. The van der Waals surface area contributed by atoms with Crippen LogP contribution < -0.4 is 5.32 Å². The third-order valence-corrected chi connectivity index (χ3v) is 5.58. The van der Waals surface area contributed by atoms with E-state index in [-0.39, 0.29) is 5.41 Å². The molecule has 1 aromatic heterocycles. The van der Waals surface area contributed by atoms with Crippen LogP contribution in [0.25, 0.3) is 11.3 Å². The summed E-state index contributed by atoms with van der Waals surface area (Å²) in [6.07, 6.45) is 1.95. The molecule has 1 N–H and O–H groups in total. The molecule has 1 aromatic carbocycles. The number of rotatable bonds is 6. The monoisotopic (exact) mass is 411 g/mol. The molecule has 0 aliphatic carbocycles. The van der Waals surface area contributed by atoms with Gasteiger partial charge < -0.3 is 10.1 Å². The predicted octanol–water partition coefficient (Wildman–Crippen LogP) is 3.78. The Hall–Kier alpha value is -2.14. The number of hydrogen-bond donors (Lipinski definition) is 1. The topological polar surface area (TPSA) is 74.1 Å². The second kappa shape index (κ2) is 9.57. The summed E-state index contributed by atoms with van der Waals surface area (Å²) >= 11 is 1.48. The fourth-order valence-corrected chi connectivity index (χ4v) is 3.62. The Morgan fingerprint density at radius 1 is 1.17 bits per heavy atom. The van der Waals surface area contributed by atoms with Gasteiger partial charge in [0.15, 0.2) is 5.16 Å². The van der Waals surface area contributed by atoms with E-state index in [2.05, 4.69) is 59.2 Å². The molecule has 0 bridgehead atoms. The molecular formula is C22H29N5OS. The number of benzene rings is 1. The van der Waals surface area contributed by atoms with Crippen LogP contribution in [0.5, 0.6) is 0 Å². The van der Waals surface area contributed by atoms with Crippen LogP contribution in [-0.2, 0) is 10.2 Å². The van der Waals surface area contributed by atoms with E-state index in [0.717, 1.165) is 45.0 Å². The zero-order valence-electron chi connectivity index (χ0n) is 17.7. The smallest absolute Gasteiger partial charge is 0.189 e. The first-order valence-corrected chi connectivity index (χ1v) is 11.2. The molecule has 0 atom stereocenters. The number of nitriles is 1. The SMILES string of the molecule is CSc1nc(NCCN2CCOCC2)c(C#N)c(-c2ccc(C(C)(C)C)cc2)n1. The van der Waals surface area contributed by atoms with Crippen molar-refractivity contribution in [1.29, 1.82) is 5.26 Å². The van der Waals surface area contributed by atoms with Crippen molar-refractivity contribution in [3.63, 3.8) is 0 Å². The summed E-state index contributed by atoms with van der Waals surface area (Å²) in [7, 11) is 0. The van der Waals surface area contributed by atoms with Crippen molar-refractivity contribution in [2.24, 2.45) is 0 Å². The first kappa shape index (κ1) is 21.6. The lowest BCUT2D eigenvalue weighted by Gasteiger charge is -2.26. The molecule has 7 heteroatoms. The Morgan fingerprint density at radius 2 is 1.86 bits per heavy atom. The van der Waals surface area contributed by atoms with Crippen LogP contribution in [-0.4, -0.2) is 60.5 Å². The molecule has 154 valence electrons. The lowest BCUT2D eigenvalue weighted by molar-refractivity contribution is 0.0398. The molecule has 0 amide bonds. The average molecular weight is 412 g/mol. The number of thioether (sulfide) groups is 1. The summed E-state index contributed by atoms with van der Waals surface area (Å²) in [5.74, 6) is 0.606. The number of aromatic nitrogens is 2. The molecule has 1 aliphatic rings. The minimum Gasteiger partial charge on any atom is -0.379 e. The van der Waals surface area contributed by atoms with Crippen molar-refractivity contribution in [1.82, 2.24) is 14.9 Å². The maximum atomic E-state index is 9.85. The number of morpholine rings is 1. The Labute approximate surface area is 177 Å². The normalized spacial score (nSPS) is 15.1. The molecule has 1 fully saturated rings. The van der Waals surface area contributed by atoms with E-state index in [1.54, 1.807) is 0 Å². The van der Waals surface area contributed by atoms with E-state index in [4.69, 9.17) is 4.74 Å². The predicted molar refractivity (Wildman–Crippen MR) is 118 cm³/mol. The second-order valence-corrected chi connectivity index (χ2v) is 8.88. The fourth-order valence-electron chi connectivity index (χ4n) is 3.26. The zero-order valence-corrected chi connectivity index (χ0v) is 18.5. The lowest BCUT2D eigenvalue weighted by Crippen LogP contribution is -2.39. The van der Waals surface area contributed by atoms with Crippen LogP contribution in [0.2, 0.25) is 0 Å². The highest BCUT2D eigenvalue weighted by Crippen LogP contribution is 2.30. The molecule has 0 unspecified atom stereocenters. The zero-order chi connectivity index (χ0) is 20.9. The Morgan fingerprint density at radius 3 is 2.45 bits per heavy atom. The minimum atomic E-state index is 0.0822. The third-order valence-electron chi connectivity index (χ3n) is 5.03. The summed E-state index contributed by atoms with van der Waals surface area (Å²) in [5, 5.41) is 13.9.